The lowest BCUT2D eigenvalue weighted by Gasteiger charge is -2.15. The quantitative estimate of drug-likeness (QED) is 0.505. The van der Waals surface area contributed by atoms with Crippen LogP contribution in [0.2, 0.25) is 0 Å². The van der Waals surface area contributed by atoms with E-state index in [0.717, 1.165) is 21.9 Å². The van der Waals surface area contributed by atoms with Gasteiger partial charge in [-0.1, -0.05) is 71.2 Å². The third-order valence-corrected chi connectivity index (χ3v) is 3.76. The highest BCUT2D eigenvalue weighted by atomic mass is 35.6. The van der Waals surface area contributed by atoms with E-state index in [2.05, 4.69) is 4.98 Å². The van der Waals surface area contributed by atoms with Crippen LogP contribution in [0.5, 0.6) is 0 Å². The van der Waals surface area contributed by atoms with Crippen molar-refractivity contribution in [1.29, 1.82) is 0 Å². The van der Waals surface area contributed by atoms with Gasteiger partial charge in [0.1, 0.15) is 5.82 Å². The second kappa shape index (κ2) is 5.45. The van der Waals surface area contributed by atoms with Crippen molar-refractivity contribution in [3.05, 3.63) is 66.2 Å². The fourth-order valence-electron chi connectivity index (χ4n) is 2.28. The number of rotatable bonds is 1. The number of nitrogens with zero attached hydrogens (tertiary/aromatic N) is 1. The number of hydrogen-bond donors (Lipinski definition) is 0. The molecule has 0 aliphatic carbocycles. The van der Waals surface area contributed by atoms with Crippen LogP contribution in [0.3, 0.4) is 0 Å². The third-order valence-electron chi connectivity index (χ3n) is 3.22. The molecule has 0 N–H and O–H groups in total. The van der Waals surface area contributed by atoms with Gasteiger partial charge in [-0.15, -0.1) is 0 Å². The van der Waals surface area contributed by atoms with Gasteiger partial charge in [0.15, 0.2) is 0 Å². The highest BCUT2D eigenvalue weighted by Crippen LogP contribution is 2.42. The van der Waals surface area contributed by atoms with Crippen LogP contribution in [0.25, 0.3) is 21.9 Å². The minimum atomic E-state index is -1.60. The number of hydrogen-bond acceptors (Lipinski definition) is 1. The average molecular weight is 341 g/mol. The van der Waals surface area contributed by atoms with Crippen molar-refractivity contribution in [1.82, 2.24) is 4.98 Å². The molecule has 0 unspecified atom stereocenters. The molecule has 5 heteroatoms. The summed E-state index contributed by atoms with van der Waals surface area (Å²) in [6, 6.07) is 13.8. The van der Waals surface area contributed by atoms with Crippen LogP contribution in [0.4, 0.5) is 4.39 Å². The van der Waals surface area contributed by atoms with Gasteiger partial charge in [-0.25, -0.2) is 4.39 Å². The number of aromatic nitrogens is 1. The summed E-state index contributed by atoms with van der Waals surface area (Å²) in [6.07, 6.45) is 1.65. The first-order valence-corrected chi connectivity index (χ1v) is 7.31. The Morgan fingerprint density at radius 1 is 0.857 bits per heavy atom. The Morgan fingerprint density at radius 2 is 1.48 bits per heavy atom. The first kappa shape index (κ1) is 14.6. The molecule has 0 aliphatic rings. The van der Waals surface area contributed by atoms with E-state index in [-0.39, 0.29) is 5.82 Å². The lowest BCUT2D eigenvalue weighted by atomic mass is 9.99. The van der Waals surface area contributed by atoms with Crippen LogP contribution >= 0.6 is 34.8 Å². The molecular formula is C16H9Cl3FN. The Bertz CT molecular complexity index is 795. The highest BCUT2D eigenvalue weighted by Gasteiger charge is 2.27. The summed E-state index contributed by atoms with van der Waals surface area (Å²) in [6.45, 7) is 0. The summed E-state index contributed by atoms with van der Waals surface area (Å²) in [5, 5.41) is 1.67. The summed E-state index contributed by atoms with van der Waals surface area (Å²) >= 11 is 17.9. The molecule has 0 saturated heterocycles. The zero-order valence-electron chi connectivity index (χ0n) is 10.7. The molecule has 0 saturated carbocycles. The Morgan fingerprint density at radius 3 is 2.10 bits per heavy atom. The van der Waals surface area contributed by atoms with Crippen molar-refractivity contribution in [2.24, 2.45) is 0 Å². The van der Waals surface area contributed by atoms with Gasteiger partial charge in [0.05, 0.1) is 5.69 Å². The normalized spacial score (nSPS) is 11.8. The highest BCUT2D eigenvalue weighted by molar-refractivity contribution is 6.67. The van der Waals surface area contributed by atoms with Crippen molar-refractivity contribution >= 4 is 45.6 Å². The van der Waals surface area contributed by atoms with E-state index in [4.69, 9.17) is 34.8 Å². The predicted molar refractivity (Wildman–Crippen MR) is 86.4 cm³/mol. The Kier molecular flexibility index (Phi) is 3.78. The number of fused-ring (bicyclic) bond motifs is 1. The van der Waals surface area contributed by atoms with Crippen molar-refractivity contribution in [3.8, 4) is 11.1 Å². The van der Waals surface area contributed by atoms with E-state index in [1.165, 1.54) is 12.1 Å². The van der Waals surface area contributed by atoms with Crippen LogP contribution in [-0.2, 0) is 3.79 Å². The SMILES string of the molecule is Fc1ccc(-c2cnc(C(Cl)(Cl)Cl)c3ccccc23)cc1. The molecule has 0 bridgehead atoms. The summed E-state index contributed by atoms with van der Waals surface area (Å²) in [7, 11) is 0. The molecule has 0 radical (unpaired) electrons. The predicted octanol–water partition coefficient (Wildman–Crippen LogP) is 5.87. The molecule has 3 aromatic rings. The third kappa shape index (κ3) is 2.84. The van der Waals surface area contributed by atoms with E-state index in [1.54, 1.807) is 18.3 Å². The summed E-state index contributed by atoms with van der Waals surface area (Å²) in [5.74, 6) is -0.283. The fourth-order valence-corrected chi connectivity index (χ4v) is 2.73. The molecule has 1 aromatic heterocycles. The average Bonchev–Trinajstić information content (AvgIpc) is 2.46. The van der Waals surface area contributed by atoms with Gasteiger partial charge in [0.25, 0.3) is 0 Å². The lowest BCUT2D eigenvalue weighted by Crippen LogP contribution is -2.05. The first-order chi connectivity index (χ1) is 9.97. The second-order valence-electron chi connectivity index (χ2n) is 4.57. The molecule has 21 heavy (non-hydrogen) atoms. The lowest BCUT2D eigenvalue weighted by molar-refractivity contribution is 0.628. The van der Waals surface area contributed by atoms with Gasteiger partial charge in [-0.05, 0) is 23.1 Å². The molecule has 0 atom stereocenters. The smallest absolute Gasteiger partial charge is 0.233 e. The van der Waals surface area contributed by atoms with Crippen molar-refractivity contribution in [3.63, 3.8) is 0 Å². The number of benzene rings is 2. The van der Waals surface area contributed by atoms with Crippen molar-refractivity contribution in [2.45, 2.75) is 3.79 Å². The van der Waals surface area contributed by atoms with Crippen molar-refractivity contribution < 1.29 is 4.39 Å². The standard InChI is InChI=1S/C16H9Cl3FN/c17-16(18,19)15-13-4-2-1-3-12(13)14(9-21-15)10-5-7-11(20)8-6-10/h1-9H. The van der Waals surface area contributed by atoms with E-state index in [0.29, 0.717) is 5.69 Å². The van der Waals surface area contributed by atoms with Gasteiger partial charge < -0.3 is 0 Å². The van der Waals surface area contributed by atoms with Gasteiger partial charge in [0, 0.05) is 17.1 Å². The van der Waals surface area contributed by atoms with Gasteiger partial charge in [-0.2, -0.15) is 0 Å². The molecule has 0 amide bonds. The fraction of sp³-hybridized carbons (Fsp3) is 0.0625. The number of alkyl halides is 3. The Balaban J connectivity index is 2.29. The molecule has 0 aliphatic heterocycles. The maximum Gasteiger partial charge on any atom is 0.233 e. The summed E-state index contributed by atoms with van der Waals surface area (Å²) in [4.78, 5) is 4.29. The monoisotopic (exact) mass is 339 g/mol. The number of pyridine rings is 1. The minimum absolute atomic E-state index is 0.283. The van der Waals surface area contributed by atoms with Crippen LogP contribution in [0.1, 0.15) is 5.69 Å². The Labute approximate surface area is 136 Å². The van der Waals surface area contributed by atoms with Crippen molar-refractivity contribution in [2.75, 3.05) is 0 Å². The van der Waals surface area contributed by atoms with Crippen LogP contribution in [-0.4, -0.2) is 4.98 Å². The molecule has 3 rings (SSSR count). The maximum absolute atomic E-state index is 13.1. The van der Waals surface area contributed by atoms with E-state index in [9.17, 15) is 4.39 Å². The van der Waals surface area contributed by atoms with Gasteiger partial charge >= 0.3 is 0 Å². The maximum atomic E-state index is 13.1. The Hall–Kier alpha value is -1.35. The van der Waals surface area contributed by atoms with Gasteiger partial charge in [0.2, 0.25) is 3.79 Å². The first-order valence-electron chi connectivity index (χ1n) is 6.18. The molecule has 1 nitrogen and oxygen atoms in total. The second-order valence-corrected chi connectivity index (χ2v) is 6.85. The van der Waals surface area contributed by atoms with E-state index in [1.807, 2.05) is 24.3 Å². The van der Waals surface area contributed by atoms with Crippen LogP contribution in [0, 0.1) is 5.82 Å². The summed E-state index contributed by atoms with van der Waals surface area (Å²) < 4.78 is 11.5. The molecule has 2 aromatic carbocycles. The largest absolute Gasteiger partial charge is 0.255 e. The van der Waals surface area contributed by atoms with Gasteiger partial charge in [-0.3, -0.25) is 4.98 Å². The molecule has 0 spiro atoms. The molecule has 106 valence electrons. The van der Waals surface area contributed by atoms with E-state index < -0.39 is 3.79 Å². The van der Waals surface area contributed by atoms with Crippen LogP contribution in [0.15, 0.2) is 54.7 Å². The topological polar surface area (TPSA) is 12.9 Å². The van der Waals surface area contributed by atoms with E-state index >= 15 is 0 Å². The zero-order chi connectivity index (χ0) is 15.0. The molecular weight excluding hydrogens is 332 g/mol. The number of halogens is 4. The summed E-state index contributed by atoms with van der Waals surface area (Å²) in [5.41, 5.74) is 2.11. The minimum Gasteiger partial charge on any atom is -0.255 e. The zero-order valence-corrected chi connectivity index (χ0v) is 12.9. The van der Waals surface area contributed by atoms with Crippen LogP contribution < -0.4 is 0 Å². The molecule has 1 heterocycles. The molecule has 0 fully saturated rings.